The number of piperidine rings is 1. The van der Waals surface area contributed by atoms with Gasteiger partial charge in [-0.1, -0.05) is 43.7 Å². The predicted molar refractivity (Wildman–Crippen MR) is 134 cm³/mol. The van der Waals surface area contributed by atoms with Crippen molar-refractivity contribution in [3.8, 4) is 11.5 Å². The van der Waals surface area contributed by atoms with Crippen molar-refractivity contribution < 1.29 is 19.1 Å². The summed E-state index contributed by atoms with van der Waals surface area (Å²) in [6.07, 6.45) is 4.54. The third-order valence-electron chi connectivity index (χ3n) is 6.67. The molecular formula is C28H38N2O4. The molecule has 3 unspecified atom stereocenters. The third-order valence-corrected chi connectivity index (χ3v) is 6.67. The largest absolute Gasteiger partial charge is 0.497 e. The highest BCUT2D eigenvalue weighted by atomic mass is 16.5. The van der Waals surface area contributed by atoms with Crippen LogP contribution in [0.2, 0.25) is 0 Å². The molecule has 0 saturated carbocycles. The molecule has 2 amide bonds. The zero-order chi connectivity index (χ0) is 24.5. The highest BCUT2D eigenvalue weighted by molar-refractivity contribution is 5.85. The number of rotatable bonds is 11. The molecule has 0 bridgehead atoms. The van der Waals surface area contributed by atoms with E-state index in [2.05, 4.69) is 24.4 Å². The van der Waals surface area contributed by atoms with Gasteiger partial charge in [0.05, 0.1) is 26.2 Å². The van der Waals surface area contributed by atoms with Crippen molar-refractivity contribution in [1.82, 2.24) is 10.2 Å². The molecule has 3 atom stereocenters. The Bertz CT molecular complexity index is 944. The number of likely N-dealkylation sites (tertiary alicyclic amines) is 1. The maximum Gasteiger partial charge on any atom is 0.225 e. The average Bonchev–Trinajstić information content (AvgIpc) is 2.86. The topological polar surface area (TPSA) is 67.9 Å². The van der Waals surface area contributed by atoms with Crippen molar-refractivity contribution in [2.24, 2.45) is 5.92 Å². The fraction of sp³-hybridized carbons (Fsp3) is 0.500. The number of unbranched alkanes of at least 4 members (excludes halogenated alkanes) is 1. The first-order valence-corrected chi connectivity index (χ1v) is 12.3. The fourth-order valence-electron chi connectivity index (χ4n) is 4.71. The van der Waals surface area contributed by atoms with E-state index in [1.54, 1.807) is 14.2 Å². The van der Waals surface area contributed by atoms with Crippen LogP contribution in [0.3, 0.4) is 0 Å². The number of methoxy groups -OCH3 is 2. The summed E-state index contributed by atoms with van der Waals surface area (Å²) in [5.74, 6) is 1.36. The standard InChI is InChI=1S/C28H38N2O4/c1-5-6-19-30-26(31)18-17-24(27(30)23-9-7-8-10-25(23)34-4)28(32)29-20(2)11-12-21-13-15-22(33-3)16-14-21/h7-10,13-16,20,24,27H,5-6,11-12,17-19H2,1-4H3,(H,29,32). The number of benzene rings is 2. The van der Waals surface area contributed by atoms with Gasteiger partial charge in [0.25, 0.3) is 0 Å². The third kappa shape index (κ3) is 6.31. The lowest BCUT2D eigenvalue weighted by molar-refractivity contribution is -0.143. The Balaban J connectivity index is 1.74. The van der Waals surface area contributed by atoms with Gasteiger partial charge < -0.3 is 19.7 Å². The zero-order valence-electron chi connectivity index (χ0n) is 20.9. The van der Waals surface area contributed by atoms with Gasteiger partial charge in [-0.3, -0.25) is 9.59 Å². The highest BCUT2D eigenvalue weighted by Crippen LogP contribution is 2.41. The van der Waals surface area contributed by atoms with E-state index in [0.717, 1.165) is 37.0 Å². The molecule has 0 aliphatic carbocycles. The van der Waals surface area contributed by atoms with Gasteiger partial charge in [-0.05, 0) is 56.4 Å². The van der Waals surface area contributed by atoms with Crippen molar-refractivity contribution in [3.63, 3.8) is 0 Å². The SMILES string of the molecule is CCCCN1C(=O)CCC(C(=O)NC(C)CCc2ccc(OC)cc2)C1c1ccccc1OC. The lowest BCUT2D eigenvalue weighted by atomic mass is 9.82. The Morgan fingerprint density at radius 1 is 1.12 bits per heavy atom. The van der Waals surface area contributed by atoms with Crippen molar-refractivity contribution in [1.29, 1.82) is 0 Å². The van der Waals surface area contributed by atoms with Crippen LogP contribution >= 0.6 is 0 Å². The van der Waals surface area contributed by atoms with Crippen LogP contribution < -0.4 is 14.8 Å². The monoisotopic (exact) mass is 466 g/mol. The summed E-state index contributed by atoms with van der Waals surface area (Å²) in [5, 5.41) is 3.23. The molecule has 1 heterocycles. The summed E-state index contributed by atoms with van der Waals surface area (Å²) in [4.78, 5) is 28.3. The lowest BCUT2D eigenvalue weighted by Gasteiger charge is -2.41. The number of nitrogens with one attached hydrogen (secondary N) is 1. The van der Waals surface area contributed by atoms with Crippen LogP contribution in [-0.4, -0.2) is 43.5 Å². The molecule has 1 N–H and O–H groups in total. The van der Waals surface area contributed by atoms with Gasteiger partial charge in [0.1, 0.15) is 11.5 Å². The summed E-state index contributed by atoms with van der Waals surface area (Å²) in [5.41, 5.74) is 2.11. The number of hydrogen-bond acceptors (Lipinski definition) is 4. The van der Waals surface area contributed by atoms with Gasteiger partial charge in [-0.15, -0.1) is 0 Å². The van der Waals surface area contributed by atoms with Gasteiger partial charge in [0.15, 0.2) is 0 Å². The van der Waals surface area contributed by atoms with E-state index in [-0.39, 0.29) is 29.8 Å². The Kier molecular flexibility index (Phi) is 9.37. The molecule has 1 aliphatic heterocycles. The maximum absolute atomic E-state index is 13.5. The van der Waals surface area contributed by atoms with E-state index >= 15 is 0 Å². The minimum Gasteiger partial charge on any atom is -0.497 e. The number of amides is 2. The van der Waals surface area contributed by atoms with E-state index in [4.69, 9.17) is 9.47 Å². The number of nitrogens with zero attached hydrogens (tertiary/aromatic N) is 1. The number of hydrogen-bond donors (Lipinski definition) is 1. The van der Waals surface area contributed by atoms with Crippen LogP contribution in [0.5, 0.6) is 11.5 Å². The molecular weight excluding hydrogens is 428 g/mol. The first kappa shape index (κ1) is 25.6. The summed E-state index contributed by atoms with van der Waals surface area (Å²) in [7, 11) is 3.29. The molecule has 1 fully saturated rings. The smallest absolute Gasteiger partial charge is 0.225 e. The van der Waals surface area contributed by atoms with Crippen LogP contribution in [0, 0.1) is 5.92 Å². The van der Waals surface area contributed by atoms with E-state index < -0.39 is 0 Å². The molecule has 0 aromatic heterocycles. The van der Waals surface area contributed by atoms with Crippen molar-refractivity contribution in [2.45, 2.75) is 64.5 Å². The van der Waals surface area contributed by atoms with Crippen LogP contribution in [0.4, 0.5) is 0 Å². The molecule has 2 aromatic rings. The van der Waals surface area contributed by atoms with E-state index in [0.29, 0.717) is 25.1 Å². The number of carbonyl (C=O) groups excluding carboxylic acids is 2. The van der Waals surface area contributed by atoms with Gasteiger partial charge in [0.2, 0.25) is 11.8 Å². The summed E-state index contributed by atoms with van der Waals surface area (Å²) in [6, 6.07) is 15.5. The number of aryl methyl sites for hydroxylation is 1. The van der Waals surface area contributed by atoms with E-state index in [9.17, 15) is 9.59 Å². The highest BCUT2D eigenvalue weighted by Gasteiger charge is 2.41. The van der Waals surface area contributed by atoms with Crippen LogP contribution in [0.15, 0.2) is 48.5 Å². The first-order chi connectivity index (χ1) is 16.5. The fourth-order valence-corrected chi connectivity index (χ4v) is 4.71. The number of carbonyl (C=O) groups is 2. The zero-order valence-corrected chi connectivity index (χ0v) is 20.9. The predicted octanol–water partition coefficient (Wildman–Crippen LogP) is 4.92. The van der Waals surface area contributed by atoms with Crippen LogP contribution in [0.1, 0.15) is 63.1 Å². The van der Waals surface area contributed by atoms with Crippen molar-refractivity contribution >= 4 is 11.8 Å². The molecule has 6 heteroatoms. The van der Waals surface area contributed by atoms with Gasteiger partial charge in [0, 0.05) is 24.6 Å². The van der Waals surface area contributed by atoms with Crippen LogP contribution in [-0.2, 0) is 16.0 Å². The average molecular weight is 467 g/mol. The van der Waals surface area contributed by atoms with Crippen molar-refractivity contribution in [2.75, 3.05) is 20.8 Å². The Morgan fingerprint density at radius 3 is 2.53 bits per heavy atom. The minimum absolute atomic E-state index is 0.00661. The molecule has 3 rings (SSSR count). The Morgan fingerprint density at radius 2 is 1.85 bits per heavy atom. The summed E-state index contributed by atoms with van der Waals surface area (Å²) >= 11 is 0. The van der Waals surface area contributed by atoms with Gasteiger partial charge >= 0.3 is 0 Å². The normalized spacial score (nSPS) is 18.9. The van der Waals surface area contributed by atoms with Gasteiger partial charge in [-0.2, -0.15) is 0 Å². The molecule has 0 spiro atoms. The molecule has 2 aromatic carbocycles. The molecule has 34 heavy (non-hydrogen) atoms. The Labute approximate surface area is 203 Å². The second kappa shape index (κ2) is 12.4. The Hall–Kier alpha value is -3.02. The lowest BCUT2D eigenvalue weighted by Crippen LogP contribution is -2.49. The molecule has 0 radical (unpaired) electrons. The van der Waals surface area contributed by atoms with Gasteiger partial charge in [-0.25, -0.2) is 0 Å². The molecule has 184 valence electrons. The molecule has 1 saturated heterocycles. The quantitative estimate of drug-likeness (QED) is 0.510. The van der Waals surface area contributed by atoms with E-state index in [1.807, 2.05) is 48.2 Å². The minimum atomic E-state index is -0.322. The second-order valence-electron chi connectivity index (χ2n) is 9.07. The van der Waals surface area contributed by atoms with Crippen LogP contribution in [0.25, 0.3) is 0 Å². The first-order valence-electron chi connectivity index (χ1n) is 12.3. The summed E-state index contributed by atoms with van der Waals surface area (Å²) in [6.45, 7) is 4.80. The van der Waals surface area contributed by atoms with Crippen molar-refractivity contribution in [3.05, 3.63) is 59.7 Å². The number of para-hydroxylation sites is 1. The van der Waals surface area contributed by atoms with E-state index in [1.165, 1.54) is 5.56 Å². The molecule has 1 aliphatic rings. The maximum atomic E-state index is 13.5. The number of ether oxygens (including phenoxy) is 2. The molecule has 6 nitrogen and oxygen atoms in total. The summed E-state index contributed by atoms with van der Waals surface area (Å²) < 4.78 is 10.8. The second-order valence-corrected chi connectivity index (χ2v) is 9.07.